The lowest BCUT2D eigenvalue weighted by Crippen LogP contribution is -2.14. The average Bonchev–Trinajstić information content (AvgIpc) is 2.53. The molecular weight excluding hydrogens is 316 g/mol. The maximum Gasteiger partial charge on any atom is 0.294 e. The number of hydrogen-bond donors (Lipinski definition) is 3. The van der Waals surface area contributed by atoms with Crippen LogP contribution in [0.15, 0.2) is 58.7 Å². The Morgan fingerprint density at radius 2 is 1.87 bits per heavy atom. The van der Waals surface area contributed by atoms with Gasteiger partial charge in [-0.05, 0) is 37.6 Å². The number of rotatable bonds is 4. The van der Waals surface area contributed by atoms with Gasteiger partial charge in [0.15, 0.2) is 0 Å². The SMILES string of the molecule is Cc1ccc(S(=O)(=O)O)cc1.NN=C(N)CCc1ccccn1. The second-order valence-electron chi connectivity index (χ2n) is 4.73. The average molecular weight is 336 g/mol. The lowest BCUT2D eigenvalue weighted by molar-refractivity contribution is 0.483. The van der Waals surface area contributed by atoms with Crippen molar-refractivity contribution in [1.82, 2.24) is 4.98 Å². The summed E-state index contributed by atoms with van der Waals surface area (Å²) >= 11 is 0. The van der Waals surface area contributed by atoms with Crippen molar-refractivity contribution in [2.24, 2.45) is 16.7 Å². The summed E-state index contributed by atoms with van der Waals surface area (Å²) in [6.07, 6.45) is 3.20. The van der Waals surface area contributed by atoms with Gasteiger partial charge in [0.1, 0.15) is 5.84 Å². The molecule has 0 aliphatic heterocycles. The van der Waals surface area contributed by atoms with Crippen molar-refractivity contribution in [3.63, 3.8) is 0 Å². The molecule has 5 N–H and O–H groups in total. The van der Waals surface area contributed by atoms with Crippen LogP contribution in [0.5, 0.6) is 0 Å². The third-order valence-corrected chi connectivity index (χ3v) is 3.72. The fourth-order valence-corrected chi connectivity index (χ4v) is 2.06. The van der Waals surface area contributed by atoms with Crippen LogP contribution < -0.4 is 11.6 Å². The van der Waals surface area contributed by atoms with Crippen LogP contribution in [0.4, 0.5) is 0 Å². The van der Waals surface area contributed by atoms with Crippen molar-refractivity contribution < 1.29 is 13.0 Å². The van der Waals surface area contributed by atoms with Gasteiger partial charge in [0, 0.05) is 18.3 Å². The van der Waals surface area contributed by atoms with Gasteiger partial charge in [-0.1, -0.05) is 23.8 Å². The Kier molecular flexibility index (Phi) is 7.17. The van der Waals surface area contributed by atoms with Crippen LogP contribution >= 0.6 is 0 Å². The van der Waals surface area contributed by atoms with E-state index in [9.17, 15) is 8.42 Å². The van der Waals surface area contributed by atoms with Crippen LogP contribution in [-0.4, -0.2) is 23.8 Å². The summed E-state index contributed by atoms with van der Waals surface area (Å²) in [5.41, 5.74) is 7.38. The van der Waals surface area contributed by atoms with Crippen LogP contribution in [0.2, 0.25) is 0 Å². The van der Waals surface area contributed by atoms with E-state index < -0.39 is 10.1 Å². The second kappa shape index (κ2) is 8.86. The molecule has 0 aliphatic carbocycles. The van der Waals surface area contributed by atoms with E-state index in [1.165, 1.54) is 12.1 Å². The predicted molar refractivity (Wildman–Crippen MR) is 89.4 cm³/mol. The van der Waals surface area contributed by atoms with Crippen LogP contribution in [0.25, 0.3) is 0 Å². The topological polar surface area (TPSA) is 132 Å². The Bertz CT molecular complexity index is 729. The van der Waals surface area contributed by atoms with E-state index in [0.29, 0.717) is 12.3 Å². The molecule has 2 aromatic rings. The summed E-state index contributed by atoms with van der Waals surface area (Å²) in [6.45, 7) is 1.84. The zero-order valence-corrected chi connectivity index (χ0v) is 13.6. The highest BCUT2D eigenvalue weighted by Gasteiger charge is 2.06. The minimum Gasteiger partial charge on any atom is -0.386 e. The molecule has 0 spiro atoms. The number of hydrazone groups is 1. The van der Waals surface area contributed by atoms with E-state index in [1.54, 1.807) is 18.3 Å². The fraction of sp³-hybridized carbons (Fsp3) is 0.200. The largest absolute Gasteiger partial charge is 0.386 e. The highest BCUT2D eigenvalue weighted by atomic mass is 32.2. The Labute approximate surface area is 135 Å². The number of hydrogen-bond acceptors (Lipinski definition) is 5. The lowest BCUT2D eigenvalue weighted by Gasteiger charge is -1.98. The highest BCUT2D eigenvalue weighted by Crippen LogP contribution is 2.08. The van der Waals surface area contributed by atoms with E-state index >= 15 is 0 Å². The number of amidine groups is 1. The van der Waals surface area contributed by atoms with Crippen molar-refractivity contribution >= 4 is 16.0 Å². The van der Waals surface area contributed by atoms with Crippen molar-refractivity contribution in [1.29, 1.82) is 0 Å². The molecule has 124 valence electrons. The highest BCUT2D eigenvalue weighted by molar-refractivity contribution is 7.85. The van der Waals surface area contributed by atoms with Crippen molar-refractivity contribution in [3.05, 3.63) is 59.9 Å². The third-order valence-electron chi connectivity index (χ3n) is 2.85. The quantitative estimate of drug-likeness (QED) is 0.255. The number of aryl methyl sites for hydroxylation is 2. The maximum absolute atomic E-state index is 10.5. The normalized spacial score (nSPS) is 11.5. The van der Waals surface area contributed by atoms with Crippen LogP contribution in [0.1, 0.15) is 17.7 Å². The molecule has 23 heavy (non-hydrogen) atoms. The Balaban J connectivity index is 0.000000231. The summed E-state index contributed by atoms with van der Waals surface area (Å²) in [5, 5.41) is 3.37. The molecule has 0 saturated carbocycles. The molecular formula is C15H20N4O3S. The van der Waals surface area contributed by atoms with Gasteiger partial charge in [-0.3, -0.25) is 9.54 Å². The monoisotopic (exact) mass is 336 g/mol. The van der Waals surface area contributed by atoms with Gasteiger partial charge in [-0.15, -0.1) is 0 Å². The van der Waals surface area contributed by atoms with Gasteiger partial charge in [0.05, 0.1) is 4.90 Å². The second-order valence-corrected chi connectivity index (χ2v) is 6.15. The maximum atomic E-state index is 10.5. The smallest absolute Gasteiger partial charge is 0.294 e. The van der Waals surface area contributed by atoms with Gasteiger partial charge >= 0.3 is 0 Å². The molecule has 0 saturated heterocycles. The van der Waals surface area contributed by atoms with Gasteiger partial charge < -0.3 is 11.6 Å². The Morgan fingerprint density at radius 3 is 2.35 bits per heavy atom. The first-order valence-corrected chi connectivity index (χ1v) is 8.23. The molecule has 1 aromatic heterocycles. The first-order chi connectivity index (χ1) is 10.8. The van der Waals surface area contributed by atoms with Crippen molar-refractivity contribution in [3.8, 4) is 0 Å². The van der Waals surface area contributed by atoms with Crippen molar-refractivity contribution in [2.75, 3.05) is 0 Å². The van der Waals surface area contributed by atoms with E-state index in [0.717, 1.165) is 17.7 Å². The number of aromatic nitrogens is 1. The zero-order chi connectivity index (χ0) is 17.3. The molecule has 0 amide bonds. The third kappa shape index (κ3) is 7.39. The summed E-state index contributed by atoms with van der Waals surface area (Å²) < 4.78 is 29.6. The first kappa shape index (κ1) is 18.6. The van der Waals surface area contributed by atoms with Gasteiger partial charge in [0.25, 0.3) is 10.1 Å². The zero-order valence-electron chi connectivity index (χ0n) is 12.8. The summed E-state index contributed by atoms with van der Waals surface area (Å²) in [5.74, 6) is 5.44. The van der Waals surface area contributed by atoms with Crippen LogP contribution in [-0.2, 0) is 16.5 Å². The molecule has 0 radical (unpaired) electrons. The molecule has 1 aromatic carbocycles. The van der Waals surface area contributed by atoms with Gasteiger partial charge in [-0.2, -0.15) is 13.5 Å². The molecule has 8 heteroatoms. The molecule has 0 bridgehead atoms. The van der Waals surface area contributed by atoms with E-state index in [1.807, 2.05) is 25.1 Å². The number of benzene rings is 1. The summed E-state index contributed by atoms with van der Waals surface area (Å²) in [7, 11) is -4.02. The lowest BCUT2D eigenvalue weighted by atomic mass is 10.2. The van der Waals surface area contributed by atoms with E-state index in [-0.39, 0.29) is 4.90 Å². The van der Waals surface area contributed by atoms with Gasteiger partial charge in [0.2, 0.25) is 0 Å². The summed E-state index contributed by atoms with van der Waals surface area (Å²) in [6, 6.07) is 11.8. The Hall–Kier alpha value is -2.45. The fourth-order valence-electron chi connectivity index (χ4n) is 1.58. The molecule has 0 unspecified atom stereocenters. The van der Waals surface area contributed by atoms with Crippen molar-refractivity contribution in [2.45, 2.75) is 24.7 Å². The molecule has 7 nitrogen and oxygen atoms in total. The molecule has 0 atom stereocenters. The van der Waals surface area contributed by atoms with Crippen LogP contribution in [0.3, 0.4) is 0 Å². The van der Waals surface area contributed by atoms with Gasteiger partial charge in [-0.25, -0.2) is 0 Å². The number of pyridine rings is 1. The number of nitrogens with zero attached hydrogens (tertiary/aromatic N) is 2. The summed E-state index contributed by atoms with van der Waals surface area (Å²) in [4.78, 5) is 4.07. The Morgan fingerprint density at radius 1 is 1.22 bits per heavy atom. The minimum atomic E-state index is -4.02. The van der Waals surface area contributed by atoms with Crippen LogP contribution in [0, 0.1) is 6.92 Å². The molecule has 0 aliphatic rings. The molecule has 0 fully saturated rings. The minimum absolute atomic E-state index is 0.0666. The molecule has 2 rings (SSSR count). The predicted octanol–water partition coefficient (Wildman–Crippen LogP) is 1.49. The standard InChI is InChI=1S/C8H12N4.C7H8O3S/c9-8(12-10)5-4-7-3-1-2-6-11-7;1-6-2-4-7(5-3-6)11(8,9)10/h1-3,6H,4-5,10H2,(H2,9,12);2-5H,1H3,(H,8,9,10). The van der Waals surface area contributed by atoms with E-state index in [4.69, 9.17) is 16.1 Å². The van der Waals surface area contributed by atoms with E-state index in [2.05, 4.69) is 10.1 Å². The molecule has 1 heterocycles. The first-order valence-electron chi connectivity index (χ1n) is 6.79. The number of nitrogens with two attached hydrogens (primary N) is 2.